The van der Waals surface area contributed by atoms with E-state index in [9.17, 15) is 9.59 Å². The SMILES string of the molecule is O=C(CCOc1ncccn1)NC(=O)c1ccccc1. The van der Waals surface area contributed by atoms with Gasteiger partial charge in [0, 0.05) is 18.0 Å². The second kappa shape index (κ2) is 6.98. The molecule has 1 aromatic carbocycles. The standard InChI is InChI=1S/C14H13N3O3/c18-12(7-10-20-14-15-8-4-9-16-14)17-13(19)11-5-2-1-3-6-11/h1-6,8-9H,7,10H2,(H,17,18,19). The van der Waals surface area contributed by atoms with E-state index < -0.39 is 11.8 Å². The van der Waals surface area contributed by atoms with Crippen LogP contribution in [0.2, 0.25) is 0 Å². The van der Waals surface area contributed by atoms with Crippen molar-refractivity contribution in [2.45, 2.75) is 6.42 Å². The Kier molecular flexibility index (Phi) is 4.77. The van der Waals surface area contributed by atoms with Gasteiger partial charge in [0.05, 0.1) is 6.42 Å². The van der Waals surface area contributed by atoms with E-state index in [4.69, 9.17) is 4.74 Å². The monoisotopic (exact) mass is 271 g/mol. The zero-order chi connectivity index (χ0) is 14.2. The van der Waals surface area contributed by atoms with Gasteiger partial charge < -0.3 is 4.74 Å². The molecule has 6 heteroatoms. The number of hydrogen-bond donors (Lipinski definition) is 1. The summed E-state index contributed by atoms with van der Waals surface area (Å²) in [6.07, 6.45) is 3.14. The highest BCUT2D eigenvalue weighted by Crippen LogP contribution is 2.00. The number of nitrogens with one attached hydrogen (secondary N) is 1. The summed E-state index contributed by atoms with van der Waals surface area (Å²) in [7, 11) is 0. The molecule has 20 heavy (non-hydrogen) atoms. The van der Waals surface area contributed by atoms with Gasteiger partial charge in [0.25, 0.3) is 5.91 Å². The van der Waals surface area contributed by atoms with Crippen LogP contribution in [0, 0.1) is 0 Å². The first-order valence-electron chi connectivity index (χ1n) is 6.05. The molecule has 102 valence electrons. The van der Waals surface area contributed by atoms with E-state index in [1.54, 1.807) is 48.8 Å². The summed E-state index contributed by atoms with van der Waals surface area (Å²) in [5, 5.41) is 2.28. The van der Waals surface area contributed by atoms with Crippen molar-refractivity contribution in [1.82, 2.24) is 15.3 Å². The number of nitrogens with zero attached hydrogens (tertiary/aromatic N) is 2. The van der Waals surface area contributed by atoms with Crippen LogP contribution in [0.1, 0.15) is 16.8 Å². The molecule has 0 aliphatic rings. The van der Waals surface area contributed by atoms with Crippen LogP contribution in [-0.4, -0.2) is 28.4 Å². The van der Waals surface area contributed by atoms with Gasteiger partial charge in [-0.05, 0) is 18.2 Å². The van der Waals surface area contributed by atoms with Gasteiger partial charge in [0.2, 0.25) is 5.91 Å². The molecule has 1 aromatic heterocycles. The third-order valence-corrected chi connectivity index (χ3v) is 2.39. The Morgan fingerprint density at radius 2 is 1.75 bits per heavy atom. The van der Waals surface area contributed by atoms with Crippen molar-refractivity contribution in [2.24, 2.45) is 0 Å². The number of imide groups is 1. The maximum absolute atomic E-state index is 11.7. The zero-order valence-corrected chi connectivity index (χ0v) is 10.7. The van der Waals surface area contributed by atoms with E-state index in [-0.39, 0.29) is 19.0 Å². The minimum atomic E-state index is -0.424. The third kappa shape index (κ3) is 4.16. The van der Waals surface area contributed by atoms with Crippen LogP contribution in [0.25, 0.3) is 0 Å². The average molecular weight is 271 g/mol. The van der Waals surface area contributed by atoms with E-state index in [2.05, 4.69) is 15.3 Å². The second-order valence-electron chi connectivity index (χ2n) is 3.87. The van der Waals surface area contributed by atoms with Crippen molar-refractivity contribution >= 4 is 11.8 Å². The fraction of sp³-hybridized carbons (Fsp3) is 0.143. The molecule has 0 fully saturated rings. The van der Waals surface area contributed by atoms with Crippen molar-refractivity contribution in [1.29, 1.82) is 0 Å². The number of aromatic nitrogens is 2. The lowest BCUT2D eigenvalue weighted by molar-refractivity contribution is -0.120. The van der Waals surface area contributed by atoms with Gasteiger partial charge >= 0.3 is 6.01 Å². The van der Waals surface area contributed by atoms with Crippen LogP contribution in [0.15, 0.2) is 48.8 Å². The summed E-state index contributed by atoms with van der Waals surface area (Å²) in [4.78, 5) is 31.0. The number of benzene rings is 1. The number of hydrogen-bond acceptors (Lipinski definition) is 5. The lowest BCUT2D eigenvalue weighted by atomic mass is 10.2. The summed E-state index contributed by atoms with van der Waals surface area (Å²) >= 11 is 0. The van der Waals surface area contributed by atoms with Crippen molar-refractivity contribution in [3.63, 3.8) is 0 Å². The van der Waals surface area contributed by atoms with Crippen molar-refractivity contribution in [3.05, 3.63) is 54.4 Å². The zero-order valence-electron chi connectivity index (χ0n) is 10.7. The molecule has 0 saturated carbocycles. The minimum Gasteiger partial charge on any atom is -0.463 e. The van der Waals surface area contributed by atoms with Gasteiger partial charge in [-0.15, -0.1) is 0 Å². The number of carbonyl (C=O) groups is 2. The molecular weight excluding hydrogens is 258 g/mol. The number of carbonyl (C=O) groups excluding carboxylic acids is 2. The Bertz CT molecular complexity index is 573. The molecule has 0 saturated heterocycles. The fourth-order valence-corrected chi connectivity index (χ4v) is 1.45. The molecule has 0 atom stereocenters. The Labute approximate surface area is 115 Å². The van der Waals surface area contributed by atoms with Crippen molar-refractivity contribution < 1.29 is 14.3 Å². The largest absolute Gasteiger partial charge is 0.463 e. The highest BCUT2D eigenvalue weighted by molar-refractivity contribution is 6.04. The molecule has 6 nitrogen and oxygen atoms in total. The van der Waals surface area contributed by atoms with Crippen molar-refractivity contribution in [3.8, 4) is 6.01 Å². The smallest absolute Gasteiger partial charge is 0.316 e. The normalized spacial score (nSPS) is 9.80. The van der Waals surface area contributed by atoms with Gasteiger partial charge in [-0.25, -0.2) is 9.97 Å². The van der Waals surface area contributed by atoms with Crippen LogP contribution in [0.5, 0.6) is 6.01 Å². The molecule has 2 rings (SSSR count). The molecular formula is C14H13N3O3. The van der Waals surface area contributed by atoms with E-state index >= 15 is 0 Å². The van der Waals surface area contributed by atoms with Crippen LogP contribution in [-0.2, 0) is 4.79 Å². The molecule has 2 amide bonds. The first-order valence-corrected chi connectivity index (χ1v) is 6.05. The summed E-state index contributed by atoms with van der Waals surface area (Å²) in [5.41, 5.74) is 0.438. The Morgan fingerprint density at radius 1 is 1.05 bits per heavy atom. The van der Waals surface area contributed by atoms with Gasteiger partial charge in [0.15, 0.2) is 0 Å². The van der Waals surface area contributed by atoms with Gasteiger partial charge in [-0.2, -0.15) is 0 Å². The van der Waals surface area contributed by atoms with E-state index in [1.807, 2.05) is 0 Å². The maximum Gasteiger partial charge on any atom is 0.316 e. The Hall–Kier alpha value is -2.76. The first-order chi connectivity index (χ1) is 9.75. The van der Waals surface area contributed by atoms with Crippen LogP contribution >= 0.6 is 0 Å². The predicted molar refractivity (Wildman–Crippen MR) is 71.1 cm³/mol. The van der Waals surface area contributed by atoms with Crippen LogP contribution in [0.4, 0.5) is 0 Å². The third-order valence-electron chi connectivity index (χ3n) is 2.39. The van der Waals surface area contributed by atoms with Crippen molar-refractivity contribution in [2.75, 3.05) is 6.61 Å². The van der Waals surface area contributed by atoms with E-state index in [0.717, 1.165) is 0 Å². The lowest BCUT2D eigenvalue weighted by Crippen LogP contribution is -2.31. The molecule has 2 aromatic rings. The highest BCUT2D eigenvalue weighted by atomic mass is 16.5. The molecule has 0 bridgehead atoms. The second-order valence-corrected chi connectivity index (χ2v) is 3.87. The quantitative estimate of drug-likeness (QED) is 0.883. The molecule has 0 aliphatic carbocycles. The van der Waals surface area contributed by atoms with E-state index in [1.165, 1.54) is 0 Å². The fourth-order valence-electron chi connectivity index (χ4n) is 1.45. The summed E-state index contributed by atoms with van der Waals surface area (Å²) in [6.45, 7) is 0.109. The molecule has 0 aliphatic heterocycles. The lowest BCUT2D eigenvalue weighted by Gasteiger charge is -2.05. The summed E-state index contributed by atoms with van der Waals surface area (Å²) < 4.78 is 5.17. The maximum atomic E-state index is 11.7. The van der Waals surface area contributed by atoms with Crippen LogP contribution in [0.3, 0.4) is 0 Å². The van der Waals surface area contributed by atoms with Gasteiger partial charge in [-0.3, -0.25) is 14.9 Å². The molecule has 0 spiro atoms. The van der Waals surface area contributed by atoms with Crippen LogP contribution < -0.4 is 10.1 Å². The Balaban J connectivity index is 1.74. The number of rotatable bonds is 5. The molecule has 1 N–H and O–H groups in total. The van der Waals surface area contributed by atoms with E-state index in [0.29, 0.717) is 5.56 Å². The number of ether oxygens (including phenoxy) is 1. The Morgan fingerprint density at radius 3 is 2.45 bits per heavy atom. The number of amides is 2. The first kappa shape index (κ1) is 13.7. The summed E-state index contributed by atoms with van der Waals surface area (Å²) in [5.74, 6) is -0.832. The average Bonchev–Trinajstić information content (AvgIpc) is 2.49. The molecule has 0 radical (unpaired) electrons. The minimum absolute atomic E-state index is 0.0524. The molecule has 1 heterocycles. The highest BCUT2D eigenvalue weighted by Gasteiger charge is 2.09. The predicted octanol–water partition coefficient (Wildman–Crippen LogP) is 1.20. The summed E-state index contributed by atoms with van der Waals surface area (Å²) in [6, 6.07) is 10.4. The van der Waals surface area contributed by atoms with Gasteiger partial charge in [0.1, 0.15) is 6.61 Å². The topological polar surface area (TPSA) is 81.2 Å². The van der Waals surface area contributed by atoms with Gasteiger partial charge in [-0.1, -0.05) is 18.2 Å². The molecule has 0 unspecified atom stereocenters.